The first-order chi connectivity index (χ1) is 8.16. The molecule has 1 aliphatic heterocycles. The van der Waals surface area contributed by atoms with Gasteiger partial charge in [-0.1, -0.05) is 23.7 Å². The molecule has 0 bridgehead atoms. The first-order valence-electron chi connectivity index (χ1n) is 6.10. The molecule has 1 aromatic carbocycles. The SMILES string of the molecule is Cc1c(Cl)cccc1CNCC1CC(N)CN1. The van der Waals surface area contributed by atoms with Crippen LogP contribution in [0.15, 0.2) is 18.2 Å². The van der Waals surface area contributed by atoms with E-state index in [1.807, 2.05) is 12.1 Å². The molecule has 1 saturated heterocycles. The largest absolute Gasteiger partial charge is 0.326 e. The Morgan fingerprint density at radius 3 is 3.06 bits per heavy atom. The lowest BCUT2D eigenvalue weighted by Gasteiger charge is -2.13. The summed E-state index contributed by atoms with van der Waals surface area (Å²) in [5.74, 6) is 0. The number of hydrogen-bond donors (Lipinski definition) is 3. The molecule has 3 nitrogen and oxygen atoms in total. The summed E-state index contributed by atoms with van der Waals surface area (Å²) in [5.41, 5.74) is 8.27. The smallest absolute Gasteiger partial charge is 0.0438 e. The average molecular weight is 254 g/mol. The second-order valence-electron chi connectivity index (χ2n) is 4.76. The molecule has 0 aliphatic carbocycles. The number of nitrogens with one attached hydrogen (secondary N) is 2. The maximum atomic E-state index is 6.08. The van der Waals surface area contributed by atoms with Crippen molar-refractivity contribution in [3.05, 3.63) is 34.3 Å². The van der Waals surface area contributed by atoms with Gasteiger partial charge >= 0.3 is 0 Å². The molecule has 0 amide bonds. The van der Waals surface area contributed by atoms with Gasteiger partial charge in [-0.05, 0) is 30.5 Å². The van der Waals surface area contributed by atoms with Gasteiger partial charge in [-0.15, -0.1) is 0 Å². The van der Waals surface area contributed by atoms with Crippen LogP contribution in [0.25, 0.3) is 0 Å². The molecule has 0 saturated carbocycles. The van der Waals surface area contributed by atoms with Crippen molar-refractivity contribution in [3.63, 3.8) is 0 Å². The lowest BCUT2D eigenvalue weighted by molar-refractivity contribution is 0.531. The zero-order valence-electron chi connectivity index (χ0n) is 10.2. The molecule has 0 radical (unpaired) electrons. The monoisotopic (exact) mass is 253 g/mol. The molecule has 1 aromatic rings. The summed E-state index contributed by atoms with van der Waals surface area (Å²) in [5, 5.41) is 7.70. The predicted molar refractivity (Wildman–Crippen MR) is 72.3 cm³/mol. The Morgan fingerprint density at radius 2 is 2.35 bits per heavy atom. The third kappa shape index (κ3) is 3.42. The van der Waals surface area contributed by atoms with Crippen molar-refractivity contribution in [2.75, 3.05) is 13.1 Å². The first-order valence-corrected chi connectivity index (χ1v) is 6.48. The average Bonchev–Trinajstić information content (AvgIpc) is 2.70. The van der Waals surface area contributed by atoms with E-state index in [1.54, 1.807) is 0 Å². The van der Waals surface area contributed by atoms with Crippen LogP contribution in [0, 0.1) is 6.92 Å². The number of benzene rings is 1. The van der Waals surface area contributed by atoms with Gasteiger partial charge in [-0.3, -0.25) is 0 Å². The van der Waals surface area contributed by atoms with Crippen LogP contribution in [0.3, 0.4) is 0 Å². The summed E-state index contributed by atoms with van der Waals surface area (Å²) in [6.07, 6.45) is 1.06. The molecular formula is C13H20ClN3. The molecule has 2 unspecified atom stereocenters. The van der Waals surface area contributed by atoms with Gasteiger partial charge in [0, 0.05) is 36.7 Å². The van der Waals surface area contributed by atoms with Crippen LogP contribution in [0.5, 0.6) is 0 Å². The van der Waals surface area contributed by atoms with Gasteiger partial charge in [0.1, 0.15) is 0 Å². The molecule has 0 aromatic heterocycles. The van der Waals surface area contributed by atoms with Crippen LogP contribution in [-0.4, -0.2) is 25.2 Å². The van der Waals surface area contributed by atoms with Crippen LogP contribution >= 0.6 is 11.6 Å². The van der Waals surface area contributed by atoms with Crippen molar-refractivity contribution in [1.29, 1.82) is 0 Å². The molecule has 1 heterocycles. The van der Waals surface area contributed by atoms with E-state index in [0.717, 1.165) is 36.6 Å². The highest BCUT2D eigenvalue weighted by Crippen LogP contribution is 2.18. The highest BCUT2D eigenvalue weighted by Gasteiger charge is 2.20. The minimum absolute atomic E-state index is 0.315. The fourth-order valence-electron chi connectivity index (χ4n) is 2.23. The van der Waals surface area contributed by atoms with Gasteiger partial charge in [0.25, 0.3) is 0 Å². The Morgan fingerprint density at radius 1 is 1.53 bits per heavy atom. The third-order valence-corrected chi connectivity index (χ3v) is 3.75. The highest BCUT2D eigenvalue weighted by molar-refractivity contribution is 6.31. The molecule has 2 rings (SSSR count). The van der Waals surface area contributed by atoms with E-state index in [1.165, 1.54) is 5.56 Å². The molecule has 1 fully saturated rings. The number of nitrogens with two attached hydrogens (primary N) is 1. The van der Waals surface area contributed by atoms with Crippen molar-refractivity contribution < 1.29 is 0 Å². The fraction of sp³-hybridized carbons (Fsp3) is 0.538. The molecule has 1 aliphatic rings. The Kier molecular flexibility index (Phi) is 4.40. The summed E-state index contributed by atoms with van der Waals surface area (Å²) >= 11 is 6.08. The second-order valence-corrected chi connectivity index (χ2v) is 5.16. The molecule has 4 N–H and O–H groups in total. The Labute approximate surface area is 108 Å². The number of halogens is 1. The quantitative estimate of drug-likeness (QED) is 0.761. The Bertz CT molecular complexity index is 381. The van der Waals surface area contributed by atoms with Crippen LogP contribution in [-0.2, 0) is 6.54 Å². The highest BCUT2D eigenvalue weighted by atomic mass is 35.5. The van der Waals surface area contributed by atoms with E-state index in [9.17, 15) is 0 Å². The topological polar surface area (TPSA) is 50.1 Å². The molecule has 17 heavy (non-hydrogen) atoms. The lowest BCUT2D eigenvalue weighted by Crippen LogP contribution is -2.33. The zero-order chi connectivity index (χ0) is 12.3. The fourth-order valence-corrected chi connectivity index (χ4v) is 2.42. The van der Waals surface area contributed by atoms with E-state index in [0.29, 0.717) is 12.1 Å². The van der Waals surface area contributed by atoms with E-state index in [4.69, 9.17) is 17.3 Å². The minimum Gasteiger partial charge on any atom is -0.326 e. The maximum absolute atomic E-state index is 6.08. The van der Waals surface area contributed by atoms with E-state index >= 15 is 0 Å². The number of hydrogen-bond acceptors (Lipinski definition) is 3. The lowest BCUT2D eigenvalue weighted by atomic mass is 10.1. The van der Waals surface area contributed by atoms with Gasteiger partial charge in [0.2, 0.25) is 0 Å². The zero-order valence-corrected chi connectivity index (χ0v) is 10.9. The Balaban J connectivity index is 1.80. The molecular weight excluding hydrogens is 234 g/mol. The van der Waals surface area contributed by atoms with Crippen molar-refractivity contribution in [1.82, 2.24) is 10.6 Å². The maximum Gasteiger partial charge on any atom is 0.0438 e. The summed E-state index contributed by atoms with van der Waals surface area (Å²) in [7, 11) is 0. The summed E-state index contributed by atoms with van der Waals surface area (Å²) in [6.45, 7) is 4.81. The second kappa shape index (κ2) is 5.83. The van der Waals surface area contributed by atoms with Crippen molar-refractivity contribution in [2.24, 2.45) is 5.73 Å². The van der Waals surface area contributed by atoms with E-state index in [-0.39, 0.29) is 0 Å². The van der Waals surface area contributed by atoms with Gasteiger partial charge in [0.15, 0.2) is 0 Å². The summed E-state index contributed by atoms with van der Waals surface area (Å²) in [4.78, 5) is 0. The summed E-state index contributed by atoms with van der Waals surface area (Å²) < 4.78 is 0. The van der Waals surface area contributed by atoms with Gasteiger partial charge in [0.05, 0.1) is 0 Å². The van der Waals surface area contributed by atoms with Crippen LogP contribution < -0.4 is 16.4 Å². The summed E-state index contributed by atoms with van der Waals surface area (Å²) in [6, 6.07) is 6.86. The molecule has 94 valence electrons. The standard InChI is InChI=1S/C13H20ClN3/c1-9-10(3-2-4-13(9)14)6-16-8-12-5-11(15)7-17-12/h2-4,11-12,16-17H,5-8,15H2,1H3. The van der Waals surface area contributed by atoms with Crippen LogP contribution in [0.4, 0.5) is 0 Å². The van der Waals surface area contributed by atoms with Crippen LogP contribution in [0.1, 0.15) is 17.5 Å². The first kappa shape index (κ1) is 12.8. The van der Waals surface area contributed by atoms with E-state index < -0.39 is 0 Å². The molecule has 0 spiro atoms. The normalized spacial score (nSPS) is 24.2. The Hall–Kier alpha value is -0.610. The van der Waals surface area contributed by atoms with Crippen molar-refractivity contribution >= 4 is 11.6 Å². The van der Waals surface area contributed by atoms with Crippen molar-refractivity contribution in [3.8, 4) is 0 Å². The van der Waals surface area contributed by atoms with Gasteiger partial charge < -0.3 is 16.4 Å². The molecule has 4 heteroatoms. The third-order valence-electron chi connectivity index (χ3n) is 3.34. The molecule has 2 atom stereocenters. The van der Waals surface area contributed by atoms with E-state index in [2.05, 4.69) is 23.6 Å². The predicted octanol–water partition coefficient (Wildman–Crippen LogP) is 1.43. The van der Waals surface area contributed by atoms with Crippen LogP contribution in [0.2, 0.25) is 5.02 Å². The van der Waals surface area contributed by atoms with Crippen molar-refractivity contribution in [2.45, 2.75) is 32.0 Å². The van der Waals surface area contributed by atoms with Gasteiger partial charge in [-0.25, -0.2) is 0 Å². The van der Waals surface area contributed by atoms with Gasteiger partial charge in [-0.2, -0.15) is 0 Å². The minimum atomic E-state index is 0.315. The number of rotatable bonds is 4.